The van der Waals surface area contributed by atoms with Crippen LogP contribution in [0.15, 0.2) is 29.2 Å². The highest BCUT2D eigenvalue weighted by molar-refractivity contribution is 7.89. The molecule has 0 aromatic heterocycles. The van der Waals surface area contributed by atoms with E-state index in [1.807, 2.05) is 0 Å². The van der Waals surface area contributed by atoms with Crippen molar-refractivity contribution in [1.82, 2.24) is 9.21 Å². The quantitative estimate of drug-likeness (QED) is 0.687. The van der Waals surface area contributed by atoms with Crippen LogP contribution in [0, 0.1) is 0 Å². The number of sulfonamides is 1. The van der Waals surface area contributed by atoms with Gasteiger partial charge in [-0.1, -0.05) is 0 Å². The predicted molar refractivity (Wildman–Crippen MR) is 85.0 cm³/mol. The van der Waals surface area contributed by atoms with Gasteiger partial charge in [-0.2, -0.15) is 0 Å². The van der Waals surface area contributed by atoms with Crippen molar-refractivity contribution in [2.75, 3.05) is 47.0 Å². The minimum absolute atomic E-state index is 0.0773. The fraction of sp³-hybridized carbons (Fsp3) is 0.467. The Labute approximate surface area is 141 Å². The number of morpholine rings is 1. The minimum atomic E-state index is -3.55. The normalized spacial score (nSPS) is 15.4. The highest BCUT2D eigenvalue weighted by atomic mass is 32.2. The number of carbonyl (C=O) groups is 2. The summed E-state index contributed by atoms with van der Waals surface area (Å²) in [6.45, 7) is 1.56. The van der Waals surface area contributed by atoms with Crippen LogP contribution in [0.1, 0.15) is 10.4 Å². The summed E-state index contributed by atoms with van der Waals surface area (Å²) >= 11 is 0. The van der Waals surface area contributed by atoms with Crippen molar-refractivity contribution in [2.45, 2.75) is 4.90 Å². The average molecular weight is 356 g/mol. The Kier molecular flexibility index (Phi) is 5.92. The fourth-order valence-corrected chi connectivity index (χ4v) is 2.99. The van der Waals surface area contributed by atoms with Gasteiger partial charge in [0.15, 0.2) is 6.61 Å². The number of benzene rings is 1. The first-order valence-electron chi connectivity index (χ1n) is 7.37. The van der Waals surface area contributed by atoms with Crippen molar-refractivity contribution in [2.24, 2.45) is 0 Å². The second-order valence-electron chi connectivity index (χ2n) is 5.38. The van der Waals surface area contributed by atoms with Crippen LogP contribution in [0.4, 0.5) is 0 Å². The second kappa shape index (κ2) is 7.73. The van der Waals surface area contributed by atoms with Gasteiger partial charge in [-0.3, -0.25) is 4.79 Å². The molecule has 0 saturated carbocycles. The molecule has 0 bridgehead atoms. The van der Waals surface area contributed by atoms with Gasteiger partial charge in [0.25, 0.3) is 5.91 Å². The number of nitrogens with zero attached hydrogens (tertiary/aromatic N) is 2. The van der Waals surface area contributed by atoms with Gasteiger partial charge >= 0.3 is 5.97 Å². The zero-order valence-electron chi connectivity index (χ0n) is 13.6. The number of esters is 1. The number of ether oxygens (including phenoxy) is 2. The summed E-state index contributed by atoms with van der Waals surface area (Å²) in [4.78, 5) is 25.5. The summed E-state index contributed by atoms with van der Waals surface area (Å²) in [6.07, 6.45) is 0. The minimum Gasteiger partial charge on any atom is -0.452 e. The third-order valence-electron chi connectivity index (χ3n) is 3.56. The van der Waals surface area contributed by atoms with E-state index >= 15 is 0 Å². The topological polar surface area (TPSA) is 93.2 Å². The lowest BCUT2D eigenvalue weighted by molar-refractivity contribution is -0.138. The fourth-order valence-electron chi connectivity index (χ4n) is 2.09. The van der Waals surface area contributed by atoms with E-state index in [9.17, 15) is 18.0 Å². The molecular weight excluding hydrogens is 336 g/mol. The molecule has 1 aliphatic heterocycles. The van der Waals surface area contributed by atoms with E-state index in [1.165, 1.54) is 38.4 Å². The van der Waals surface area contributed by atoms with Crippen LogP contribution < -0.4 is 0 Å². The van der Waals surface area contributed by atoms with Crippen molar-refractivity contribution < 1.29 is 27.5 Å². The third kappa shape index (κ3) is 4.31. The van der Waals surface area contributed by atoms with Crippen LogP contribution >= 0.6 is 0 Å². The van der Waals surface area contributed by atoms with Gasteiger partial charge < -0.3 is 14.4 Å². The Hall–Kier alpha value is -1.97. The van der Waals surface area contributed by atoms with Gasteiger partial charge in [0.2, 0.25) is 10.0 Å². The molecule has 132 valence electrons. The van der Waals surface area contributed by atoms with Crippen LogP contribution in [0.5, 0.6) is 0 Å². The van der Waals surface area contributed by atoms with Gasteiger partial charge in [-0.05, 0) is 24.3 Å². The Morgan fingerprint density at radius 1 is 1.17 bits per heavy atom. The summed E-state index contributed by atoms with van der Waals surface area (Å²) < 4.78 is 35.1. The summed E-state index contributed by atoms with van der Waals surface area (Å²) in [5.74, 6) is -0.955. The maximum atomic E-state index is 12.0. The molecule has 1 aromatic carbocycles. The summed E-state index contributed by atoms with van der Waals surface area (Å²) in [6, 6.07) is 5.38. The van der Waals surface area contributed by atoms with Crippen molar-refractivity contribution >= 4 is 21.9 Å². The molecule has 8 nitrogen and oxygen atoms in total. The third-order valence-corrected chi connectivity index (χ3v) is 5.39. The highest BCUT2D eigenvalue weighted by Gasteiger charge is 2.20. The Balaban J connectivity index is 1.94. The van der Waals surface area contributed by atoms with E-state index < -0.39 is 16.0 Å². The molecule has 1 aliphatic rings. The molecule has 0 unspecified atom stereocenters. The van der Waals surface area contributed by atoms with E-state index in [0.29, 0.717) is 26.3 Å². The molecule has 0 radical (unpaired) electrons. The highest BCUT2D eigenvalue weighted by Crippen LogP contribution is 2.14. The molecule has 1 heterocycles. The zero-order valence-corrected chi connectivity index (χ0v) is 14.4. The Bertz CT molecular complexity index is 693. The Morgan fingerprint density at radius 2 is 1.75 bits per heavy atom. The van der Waals surface area contributed by atoms with E-state index in [4.69, 9.17) is 9.47 Å². The molecule has 2 rings (SSSR count). The Morgan fingerprint density at radius 3 is 2.29 bits per heavy atom. The van der Waals surface area contributed by atoms with Crippen molar-refractivity contribution in [1.29, 1.82) is 0 Å². The molecule has 0 atom stereocenters. The first kappa shape index (κ1) is 18.4. The first-order chi connectivity index (χ1) is 11.3. The molecule has 24 heavy (non-hydrogen) atoms. The number of hydrogen-bond acceptors (Lipinski definition) is 6. The molecular formula is C15H20N2O6S. The number of hydrogen-bond donors (Lipinski definition) is 0. The molecule has 1 aromatic rings. The van der Waals surface area contributed by atoms with Gasteiger partial charge in [-0.15, -0.1) is 0 Å². The van der Waals surface area contributed by atoms with Crippen LogP contribution in [0.2, 0.25) is 0 Å². The molecule has 9 heteroatoms. The van der Waals surface area contributed by atoms with Crippen molar-refractivity contribution in [3.8, 4) is 0 Å². The molecule has 0 N–H and O–H groups in total. The lowest BCUT2D eigenvalue weighted by atomic mass is 10.2. The number of carbonyl (C=O) groups excluding carboxylic acids is 2. The summed E-state index contributed by atoms with van der Waals surface area (Å²) in [5, 5.41) is 0. The summed E-state index contributed by atoms with van der Waals surface area (Å²) in [5.41, 5.74) is 0.183. The average Bonchev–Trinajstić information content (AvgIpc) is 2.60. The molecule has 1 fully saturated rings. The standard InChI is InChI=1S/C15H20N2O6S/c1-16(2)24(20,21)13-5-3-12(4-6-13)15(19)23-11-14(18)17-7-9-22-10-8-17/h3-6H,7-11H2,1-2H3. The van der Waals surface area contributed by atoms with E-state index in [-0.39, 0.29) is 23.0 Å². The van der Waals surface area contributed by atoms with Gasteiger partial charge in [0.1, 0.15) is 0 Å². The van der Waals surface area contributed by atoms with Crippen molar-refractivity contribution in [3.63, 3.8) is 0 Å². The molecule has 0 spiro atoms. The SMILES string of the molecule is CN(C)S(=O)(=O)c1ccc(C(=O)OCC(=O)N2CCOCC2)cc1. The number of amides is 1. The van der Waals surface area contributed by atoms with Crippen molar-refractivity contribution in [3.05, 3.63) is 29.8 Å². The van der Waals surface area contributed by atoms with Crippen LogP contribution in [-0.2, 0) is 24.3 Å². The van der Waals surface area contributed by atoms with E-state index in [0.717, 1.165) is 4.31 Å². The molecule has 1 saturated heterocycles. The largest absolute Gasteiger partial charge is 0.452 e. The van der Waals surface area contributed by atoms with Crippen LogP contribution in [0.3, 0.4) is 0 Å². The second-order valence-corrected chi connectivity index (χ2v) is 7.53. The zero-order chi connectivity index (χ0) is 17.7. The van der Waals surface area contributed by atoms with Crippen LogP contribution in [0.25, 0.3) is 0 Å². The van der Waals surface area contributed by atoms with E-state index in [1.54, 1.807) is 4.90 Å². The van der Waals surface area contributed by atoms with E-state index in [2.05, 4.69) is 0 Å². The van der Waals surface area contributed by atoms with Crippen LogP contribution in [-0.4, -0.2) is 76.5 Å². The summed E-state index contributed by atoms with van der Waals surface area (Å²) in [7, 11) is -0.700. The molecule has 1 amide bonds. The van der Waals surface area contributed by atoms with Gasteiger partial charge in [-0.25, -0.2) is 17.5 Å². The first-order valence-corrected chi connectivity index (χ1v) is 8.81. The maximum absolute atomic E-state index is 12.0. The lowest BCUT2D eigenvalue weighted by Crippen LogP contribution is -2.42. The lowest BCUT2D eigenvalue weighted by Gasteiger charge is -2.26. The van der Waals surface area contributed by atoms with Gasteiger partial charge in [0, 0.05) is 27.2 Å². The van der Waals surface area contributed by atoms with Gasteiger partial charge in [0.05, 0.1) is 23.7 Å². The monoisotopic (exact) mass is 356 g/mol. The molecule has 0 aliphatic carbocycles. The predicted octanol–water partition coefficient (Wildman–Crippen LogP) is -0.0475. The number of rotatable bonds is 5. The maximum Gasteiger partial charge on any atom is 0.338 e. The smallest absolute Gasteiger partial charge is 0.338 e.